The van der Waals surface area contributed by atoms with E-state index in [1.54, 1.807) is 67.1 Å². The number of hydrogen-bond acceptors (Lipinski definition) is 5. The average molecular weight is 392 g/mol. The van der Waals surface area contributed by atoms with E-state index in [1.165, 1.54) is 6.92 Å². The molecule has 0 bridgehead atoms. The summed E-state index contributed by atoms with van der Waals surface area (Å²) in [6.45, 7) is 5.07. The van der Waals surface area contributed by atoms with Gasteiger partial charge in [0.2, 0.25) is 0 Å². The van der Waals surface area contributed by atoms with Crippen LogP contribution in [0.5, 0.6) is 0 Å². The highest BCUT2D eigenvalue weighted by Crippen LogP contribution is 2.23. The molecule has 1 aromatic heterocycles. The lowest BCUT2D eigenvalue weighted by Crippen LogP contribution is -2.14. The Bertz CT molecular complexity index is 1100. The molecule has 0 saturated heterocycles. The summed E-state index contributed by atoms with van der Waals surface area (Å²) in [6, 6.07) is 13.7. The summed E-state index contributed by atoms with van der Waals surface area (Å²) in [5.41, 5.74) is 3.07. The summed E-state index contributed by atoms with van der Waals surface area (Å²) in [4.78, 5) is 34.9. The third kappa shape index (κ3) is 4.21. The molecule has 0 aliphatic heterocycles. The van der Waals surface area contributed by atoms with Crippen LogP contribution in [0.2, 0.25) is 0 Å². The van der Waals surface area contributed by atoms with E-state index in [-0.39, 0.29) is 17.4 Å². The normalized spacial score (nSPS) is 10.6. The number of hydrogen-bond donors (Lipinski definition) is 1. The van der Waals surface area contributed by atoms with Crippen molar-refractivity contribution in [1.29, 1.82) is 0 Å². The Morgan fingerprint density at radius 1 is 1.10 bits per heavy atom. The van der Waals surface area contributed by atoms with Gasteiger partial charge in [0.25, 0.3) is 5.91 Å². The van der Waals surface area contributed by atoms with E-state index in [1.807, 2.05) is 0 Å². The van der Waals surface area contributed by atoms with Gasteiger partial charge in [-0.05, 0) is 50.6 Å². The van der Waals surface area contributed by atoms with Crippen molar-refractivity contribution in [2.75, 3.05) is 5.32 Å². The van der Waals surface area contributed by atoms with Gasteiger partial charge in [0.1, 0.15) is 11.4 Å². The minimum Gasteiger partial charge on any atom is -0.321 e. The van der Waals surface area contributed by atoms with Crippen LogP contribution >= 0.6 is 0 Å². The van der Waals surface area contributed by atoms with Crippen LogP contribution in [0, 0.1) is 24.0 Å². The summed E-state index contributed by atoms with van der Waals surface area (Å²) in [7, 11) is 0. The monoisotopic (exact) mass is 392 g/mol. The minimum atomic E-state index is -0.430. The predicted octanol–water partition coefficient (Wildman–Crippen LogP) is 3.91. The van der Waals surface area contributed by atoms with Gasteiger partial charge < -0.3 is 5.32 Å². The molecule has 0 saturated carbocycles. The molecule has 0 spiro atoms. The van der Waals surface area contributed by atoms with Crippen LogP contribution in [0.3, 0.4) is 0 Å². The maximum absolute atomic E-state index is 12.5. The Labute approximate surface area is 167 Å². The molecule has 3 aromatic rings. The molecule has 0 unspecified atom stereocenters. The van der Waals surface area contributed by atoms with E-state index in [0.717, 1.165) is 5.56 Å². The molecular formula is C21H20N4O4. The minimum absolute atomic E-state index is 0.0186. The maximum Gasteiger partial charge on any atom is 0.312 e. The fourth-order valence-corrected chi connectivity index (χ4v) is 3.13. The number of aryl methyl sites for hydroxylation is 1. The molecule has 0 fully saturated rings. The third-order valence-electron chi connectivity index (χ3n) is 4.63. The Balaban J connectivity index is 1.76. The van der Waals surface area contributed by atoms with Crippen molar-refractivity contribution in [2.45, 2.75) is 27.3 Å². The second-order valence-corrected chi connectivity index (χ2v) is 6.69. The number of nitrogens with zero attached hydrogens (tertiary/aromatic N) is 3. The van der Waals surface area contributed by atoms with Gasteiger partial charge in [0, 0.05) is 11.1 Å². The molecule has 1 N–H and O–H groups in total. The fourth-order valence-electron chi connectivity index (χ4n) is 3.13. The highest BCUT2D eigenvalue weighted by atomic mass is 16.6. The van der Waals surface area contributed by atoms with Crippen molar-refractivity contribution in [3.63, 3.8) is 0 Å². The maximum atomic E-state index is 12.5. The number of anilines is 1. The number of carbonyl (C=O) groups is 2. The number of aromatic nitrogens is 2. The largest absolute Gasteiger partial charge is 0.321 e. The number of Topliss-reactive ketones (excluding diaryl/α,β-unsaturated/α-hetero) is 1. The predicted molar refractivity (Wildman–Crippen MR) is 108 cm³/mol. The summed E-state index contributed by atoms with van der Waals surface area (Å²) in [6.07, 6.45) is 0. The van der Waals surface area contributed by atoms with Gasteiger partial charge in [-0.1, -0.05) is 24.3 Å². The summed E-state index contributed by atoms with van der Waals surface area (Å²) >= 11 is 0. The average Bonchev–Trinajstić information content (AvgIpc) is 2.95. The van der Waals surface area contributed by atoms with E-state index in [2.05, 4.69) is 10.4 Å². The molecule has 0 aliphatic carbocycles. The molecule has 8 nitrogen and oxygen atoms in total. The van der Waals surface area contributed by atoms with Crippen LogP contribution < -0.4 is 5.32 Å². The number of nitro groups is 1. The number of benzene rings is 2. The number of ketones is 1. The quantitative estimate of drug-likeness (QED) is 0.389. The molecule has 2 aromatic carbocycles. The van der Waals surface area contributed by atoms with E-state index < -0.39 is 4.92 Å². The van der Waals surface area contributed by atoms with Crippen LogP contribution in [-0.2, 0) is 6.54 Å². The van der Waals surface area contributed by atoms with Crippen LogP contribution in [-0.4, -0.2) is 26.4 Å². The van der Waals surface area contributed by atoms with Crippen LogP contribution in [0.25, 0.3) is 0 Å². The van der Waals surface area contributed by atoms with Gasteiger partial charge in [-0.15, -0.1) is 0 Å². The van der Waals surface area contributed by atoms with Crippen molar-refractivity contribution >= 4 is 23.1 Å². The van der Waals surface area contributed by atoms with Crippen molar-refractivity contribution < 1.29 is 14.5 Å². The molecule has 1 amide bonds. The Morgan fingerprint density at radius 2 is 1.76 bits per heavy atom. The number of nitrogens with one attached hydrogen (secondary N) is 1. The first-order valence-electron chi connectivity index (χ1n) is 8.96. The summed E-state index contributed by atoms with van der Waals surface area (Å²) < 4.78 is 1.58. The number of amides is 1. The topological polar surface area (TPSA) is 107 Å². The van der Waals surface area contributed by atoms with Gasteiger partial charge in [0.15, 0.2) is 5.78 Å². The first-order valence-corrected chi connectivity index (χ1v) is 8.96. The van der Waals surface area contributed by atoms with Crippen LogP contribution in [0.15, 0.2) is 48.5 Å². The van der Waals surface area contributed by atoms with E-state index in [4.69, 9.17) is 0 Å². The molecular weight excluding hydrogens is 372 g/mol. The molecule has 0 radical (unpaired) electrons. The number of rotatable bonds is 6. The van der Waals surface area contributed by atoms with Crippen molar-refractivity contribution in [2.24, 2.45) is 0 Å². The van der Waals surface area contributed by atoms with Crippen LogP contribution in [0.1, 0.15) is 44.6 Å². The lowest BCUT2D eigenvalue weighted by molar-refractivity contribution is -0.386. The van der Waals surface area contributed by atoms with Crippen molar-refractivity contribution in [1.82, 2.24) is 9.78 Å². The zero-order chi connectivity index (χ0) is 21.1. The first kappa shape index (κ1) is 19.9. The van der Waals surface area contributed by atoms with E-state index in [9.17, 15) is 19.7 Å². The lowest BCUT2D eigenvalue weighted by Gasteiger charge is -2.10. The smallest absolute Gasteiger partial charge is 0.312 e. The third-order valence-corrected chi connectivity index (χ3v) is 4.63. The number of para-hydroxylation sites is 1. The number of carbonyl (C=O) groups excluding carboxylic acids is 2. The fraction of sp³-hybridized carbons (Fsp3) is 0.190. The zero-order valence-corrected chi connectivity index (χ0v) is 16.3. The molecule has 1 heterocycles. The second-order valence-electron chi connectivity index (χ2n) is 6.69. The highest BCUT2D eigenvalue weighted by Gasteiger charge is 2.21. The van der Waals surface area contributed by atoms with Gasteiger partial charge in [-0.3, -0.25) is 24.4 Å². The Kier molecular flexibility index (Phi) is 5.54. The van der Waals surface area contributed by atoms with Gasteiger partial charge in [-0.2, -0.15) is 5.10 Å². The SMILES string of the molecule is CC(=O)c1ccccc1NC(=O)c1ccc(Cn2nc(C)c([N+](=O)[O-])c2C)cc1. The van der Waals surface area contributed by atoms with Crippen molar-refractivity contribution in [3.05, 3.63) is 86.7 Å². The summed E-state index contributed by atoms with van der Waals surface area (Å²) in [5.74, 6) is -0.456. The van der Waals surface area contributed by atoms with E-state index in [0.29, 0.717) is 34.7 Å². The molecule has 0 aliphatic rings. The Morgan fingerprint density at radius 3 is 2.34 bits per heavy atom. The summed E-state index contributed by atoms with van der Waals surface area (Å²) in [5, 5.41) is 18.1. The van der Waals surface area contributed by atoms with Crippen molar-refractivity contribution in [3.8, 4) is 0 Å². The zero-order valence-electron chi connectivity index (χ0n) is 16.3. The lowest BCUT2D eigenvalue weighted by atomic mass is 10.1. The standard InChI is InChI=1S/C21H20N4O4/c1-13-20(25(28)29)14(2)24(23-13)12-16-8-10-17(11-9-16)21(27)22-19-7-5-4-6-18(19)15(3)26/h4-11H,12H2,1-3H3,(H,22,27). The molecule has 0 atom stereocenters. The van der Waals surface area contributed by atoms with E-state index >= 15 is 0 Å². The van der Waals surface area contributed by atoms with Gasteiger partial charge in [0.05, 0.1) is 17.2 Å². The Hall–Kier alpha value is -3.81. The highest BCUT2D eigenvalue weighted by molar-refractivity contribution is 6.08. The molecule has 148 valence electrons. The molecule has 3 rings (SSSR count). The van der Waals surface area contributed by atoms with Gasteiger partial charge >= 0.3 is 5.69 Å². The molecule has 29 heavy (non-hydrogen) atoms. The first-order chi connectivity index (χ1) is 13.8. The van der Waals surface area contributed by atoms with Gasteiger partial charge in [-0.25, -0.2) is 0 Å². The second kappa shape index (κ2) is 8.05. The van der Waals surface area contributed by atoms with Crippen LogP contribution in [0.4, 0.5) is 11.4 Å². The molecule has 8 heteroatoms.